The topological polar surface area (TPSA) is 106 Å². The van der Waals surface area contributed by atoms with Crippen LogP contribution in [0.25, 0.3) is 0 Å². The molecule has 9 nitrogen and oxygen atoms in total. The van der Waals surface area contributed by atoms with Gasteiger partial charge in [0.2, 0.25) is 11.9 Å². The Balaban J connectivity index is 1.32. The number of nitrogens with two attached hydrogens (primary N) is 1. The first-order valence-corrected chi connectivity index (χ1v) is 9.57. The Labute approximate surface area is 169 Å². The van der Waals surface area contributed by atoms with Gasteiger partial charge in [0.25, 0.3) is 0 Å². The summed E-state index contributed by atoms with van der Waals surface area (Å²) in [6, 6.07) is 11.9. The highest BCUT2D eigenvalue weighted by atomic mass is 16.5. The Kier molecular flexibility index (Phi) is 5.76. The minimum Gasteiger partial charge on any atom is -0.497 e. The molecule has 0 radical (unpaired) electrons. The smallest absolute Gasteiger partial charge is 0.228 e. The third kappa shape index (κ3) is 4.94. The predicted octanol–water partition coefficient (Wildman–Crippen LogP) is 1.99. The van der Waals surface area contributed by atoms with Crippen LogP contribution in [0.5, 0.6) is 5.75 Å². The van der Waals surface area contributed by atoms with Crippen LogP contribution in [0, 0.1) is 0 Å². The molecule has 3 aromatic rings. The van der Waals surface area contributed by atoms with E-state index in [2.05, 4.69) is 42.2 Å². The molecule has 1 fully saturated rings. The molecule has 1 aliphatic heterocycles. The van der Waals surface area contributed by atoms with Crippen molar-refractivity contribution in [3.05, 3.63) is 54.2 Å². The maximum atomic E-state index is 5.87. The van der Waals surface area contributed by atoms with Gasteiger partial charge in [-0.1, -0.05) is 0 Å². The molecule has 0 atom stereocenters. The second-order valence-electron chi connectivity index (χ2n) is 6.83. The summed E-state index contributed by atoms with van der Waals surface area (Å²) in [5.41, 5.74) is 7.08. The van der Waals surface area contributed by atoms with Crippen LogP contribution in [0.3, 0.4) is 0 Å². The van der Waals surface area contributed by atoms with E-state index in [0.717, 1.165) is 37.7 Å². The number of rotatable bonds is 7. The molecule has 2 aromatic heterocycles. The molecular weight excluding hydrogens is 370 g/mol. The molecular formula is C20H25N7O2. The number of nitrogen functional groups attached to an aromatic ring is 1. The van der Waals surface area contributed by atoms with E-state index >= 15 is 0 Å². The van der Waals surface area contributed by atoms with Crippen molar-refractivity contribution in [2.24, 2.45) is 0 Å². The zero-order chi connectivity index (χ0) is 20.1. The number of nitrogens with zero attached hydrogens (tertiary/aromatic N) is 5. The number of anilines is 3. The van der Waals surface area contributed by atoms with Gasteiger partial charge in [-0.05, 0) is 36.4 Å². The van der Waals surface area contributed by atoms with Crippen LogP contribution in [-0.4, -0.2) is 53.1 Å². The van der Waals surface area contributed by atoms with Gasteiger partial charge in [-0.3, -0.25) is 4.90 Å². The summed E-state index contributed by atoms with van der Waals surface area (Å²) in [7, 11) is 1.68. The first-order valence-electron chi connectivity index (χ1n) is 9.57. The minimum absolute atomic E-state index is 0.216. The SMILES string of the molecule is COc1ccc(N2CCN(Cc3nc(N)nc(NCc4ccco4)n3)CC2)cc1. The van der Waals surface area contributed by atoms with Crippen LogP contribution in [0.4, 0.5) is 17.6 Å². The summed E-state index contributed by atoms with van der Waals surface area (Å²) in [6.45, 7) is 4.86. The molecule has 3 heterocycles. The molecule has 0 unspecified atom stereocenters. The number of piperazine rings is 1. The van der Waals surface area contributed by atoms with E-state index in [0.29, 0.717) is 24.9 Å². The predicted molar refractivity (Wildman–Crippen MR) is 111 cm³/mol. The van der Waals surface area contributed by atoms with Crippen LogP contribution in [0.2, 0.25) is 0 Å². The van der Waals surface area contributed by atoms with Crippen molar-refractivity contribution in [2.45, 2.75) is 13.1 Å². The fraction of sp³-hybridized carbons (Fsp3) is 0.350. The molecule has 0 aliphatic carbocycles. The van der Waals surface area contributed by atoms with E-state index in [4.69, 9.17) is 14.9 Å². The van der Waals surface area contributed by atoms with E-state index in [9.17, 15) is 0 Å². The fourth-order valence-corrected chi connectivity index (χ4v) is 3.32. The van der Waals surface area contributed by atoms with E-state index in [1.54, 1.807) is 13.4 Å². The highest BCUT2D eigenvalue weighted by Gasteiger charge is 2.19. The molecule has 1 aliphatic rings. The molecule has 0 spiro atoms. The zero-order valence-corrected chi connectivity index (χ0v) is 16.4. The van der Waals surface area contributed by atoms with E-state index in [1.165, 1.54) is 5.69 Å². The largest absolute Gasteiger partial charge is 0.497 e. The first kappa shape index (κ1) is 19.0. The molecule has 29 heavy (non-hydrogen) atoms. The quantitative estimate of drug-likeness (QED) is 0.621. The summed E-state index contributed by atoms with van der Waals surface area (Å²) in [4.78, 5) is 17.6. The lowest BCUT2D eigenvalue weighted by molar-refractivity contribution is 0.244. The van der Waals surface area contributed by atoms with Crippen molar-refractivity contribution >= 4 is 17.6 Å². The maximum Gasteiger partial charge on any atom is 0.228 e. The van der Waals surface area contributed by atoms with Crippen LogP contribution in [-0.2, 0) is 13.1 Å². The number of furan rings is 1. The van der Waals surface area contributed by atoms with Gasteiger partial charge in [-0.25, -0.2) is 0 Å². The van der Waals surface area contributed by atoms with Crippen molar-refractivity contribution in [1.82, 2.24) is 19.9 Å². The Hall–Kier alpha value is -3.33. The Morgan fingerprint density at radius 1 is 1.07 bits per heavy atom. The van der Waals surface area contributed by atoms with Crippen molar-refractivity contribution in [1.29, 1.82) is 0 Å². The second-order valence-corrected chi connectivity index (χ2v) is 6.83. The first-order chi connectivity index (χ1) is 14.2. The third-order valence-electron chi connectivity index (χ3n) is 4.87. The molecule has 1 saturated heterocycles. The number of benzene rings is 1. The summed E-state index contributed by atoms with van der Waals surface area (Å²) in [5.74, 6) is 3.02. The van der Waals surface area contributed by atoms with E-state index < -0.39 is 0 Å². The number of hydrogen-bond donors (Lipinski definition) is 2. The van der Waals surface area contributed by atoms with E-state index in [1.807, 2.05) is 24.3 Å². The molecule has 9 heteroatoms. The van der Waals surface area contributed by atoms with Crippen LogP contribution in [0.15, 0.2) is 47.1 Å². The lowest BCUT2D eigenvalue weighted by Crippen LogP contribution is -2.46. The van der Waals surface area contributed by atoms with Crippen molar-refractivity contribution in [3.63, 3.8) is 0 Å². The van der Waals surface area contributed by atoms with Gasteiger partial charge in [0, 0.05) is 31.9 Å². The molecule has 4 rings (SSSR count). The summed E-state index contributed by atoms with van der Waals surface area (Å²) in [6.07, 6.45) is 1.63. The lowest BCUT2D eigenvalue weighted by atomic mass is 10.2. The maximum absolute atomic E-state index is 5.87. The number of hydrogen-bond acceptors (Lipinski definition) is 9. The van der Waals surface area contributed by atoms with Gasteiger partial charge in [-0.15, -0.1) is 0 Å². The van der Waals surface area contributed by atoms with Crippen molar-refractivity contribution in [3.8, 4) is 5.75 Å². The van der Waals surface area contributed by atoms with Crippen molar-refractivity contribution in [2.75, 3.05) is 49.2 Å². The summed E-state index contributed by atoms with van der Waals surface area (Å²) in [5, 5.41) is 3.13. The molecule has 0 saturated carbocycles. The molecule has 1 aromatic carbocycles. The van der Waals surface area contributed by atoms with Gasteiger partial charge in [0.05, 0.1) is 26.5 Å². The molecule has 0 amide bonds. The van der Waals surface area contributed by atoms with Gasteiger partial charge in [0.15, 0.2) is 0 Å². The van der Waals surface area contributed by atoms with Crippen LogP contribution in [0.1, 0.15) is 11.6 Å². The normalized spacial score (nSPS) is 14.7. The van der Waals surface area contributed by atoms with Gasteiger partial charge in [-0.2, -0.15) is 15.0 Å². The second kappa shape index (κ2) is 8.78. The van der Waals surface area contributed by atoms with Gasteiger partial charge in [0.1, 0.15) is 17.3 Å². The van der Waals surface area contributed by atoms with Crippen LogP contribution >= 0.6 is 0 Å². The molecule has 3 N–H and O–H groups in total. The highest BCUT2D eigenvalue weighted by Crippen LogP contribution is 2.21. The highest BCUT2D eigenvalue weighted by molar-refractivity contribution is 5.49. The summed E-state index contributed by atoms with van der Waals surface area (Å²) >= 11 is 0. The number of ether oxygens (including phenoxy) is 1. The van der Waals surface area contributed by atoms with Crippen molar-refractivity contribution < 1.29 is 9.15 Å². The number of methoxy groups -OCH3 is 1. The fourth-order valence-electron chi connectivity index (χ4n) is 3.32. The summed E-state index contributed by atoms with van der Waals surface area (Å²) < 4.78 is 10.5. The number of nitrogens with one attached hydrogen (secondary N) is 1. The van der Waals surface area contributed by atoms with E-state index in [-0.39, 0.29) is 5.95 Å². The molecule has 152 valence electrons. The standard InChI is InChI=1S/C20H25N7O2/c1-28-16-6-4-15(5-7-16)27-10-8-26(9-11-27)14-18-23-19(21)25-20(24-18)22-13-17-3-2-12-29-17/h2-7,12H,8-11,13-14H2,1H3,(H3,21,22,23,24,25). The zero-order valence-electron chi connectivity index (χ0n) is 16.4. The van der Waals surface area contributed by atoms with Crippen LogP contribution < -0.4 is 20.7 Å². The Morgan fingerprint density at radius 3 is 2.55 bits per heavy atom. The Morgan fingerprint density at radius 2 is 1.86 bits per heavy atom. The van der Waals surface area contributed by atoms with Gasteiger partial charge >= 0.3 is 0 Å². The minimum atomic E-state index is 0.216. The average Bonchev–Trinajstić information content (AvgIpc) is 3.26. The monoisotopic (exact) mass is 395 g/mol. The molecule has 0 bridgehead atoms. The lowest BCUT2D eigenvalue weighted by Gasteiger charge is -2.35. The Bertz CT molecular complexity index is 907. The van der Waals surface area contributed by atoms with Gasteiger partial charge < -0.3 is 25.1 Å². The third-order valence-corrected chi connectivity index (χ3v) is 4.87. The average molecular weight is 395 g/mol. The number of aromatic nitrogens is 3.